The third kappa shape index (κ3) is 4.09. The molecule has 1 amide bonds. The van der Waals surface area contributed by atoms with E-state index in [4.69, 9.17) is 7.85 Å². The summed E-state index contributed by atoms with van der Waals surface area (Å²) < 4.78 is 1.63. The zero-order valence-electron chi connectivity index (χ0n) is 15.5. The number of amides is 1. The van der Waals surface area contributed by atoms with Crippen LogP contribution < -0.4 is 16.1 Å². The standard InChI is InChI=1S/C20H18BN5O2S/c21-15-11-24-26-18(22-7-3-8-23-20(28)13-6-9-29-12-13)10-16(25-19(15)26)14-4-1-2-5-17(14)27/h1-2,4-6,9-12,22,27H,3,7-8H2,(H,23,28). The Balaban J connectivity index is 1.47. The fraction of sp³-hybridized carbons (Fsp3) is 0.150. The van der Waals surface area contributed by atoms with E-state index in [9.17, 15) is 9.90 Å². The predicted octanol–water partition coefficient (Wildman–Crippen LogP) is 2.19. The molecule has 2 radical (unpaired) electrons. The Morgan fingerprint density at radius 2 is 2.10 bits per heavy atom. The number of para-hydroxylation sites is 1. The summed E-state index contributed by atoms with van der Waals surface area (Å²) in [5, 5.41) is 24.4. The number of carbonyl (C=O) groups excluding carboxylic acids is 1. The van der Waals surface area contributed by atoms with Gasteiger partial charge < -0.3 is 15.7 Å². The molecule has 0 aliphatic carbocycles. The van der Waals surface area contributed by atoms with Crippen molar-refractivity contribution in [1.82, 2.24) is 19.9 Å². The van der Waals surface area contributed by atoms with Crippen LogP contribution >= 0.6 is 11.3 Å². The number of hydrogen-bond donors (Lipinski definition) is 3. The van der Waals surface area contributed by atoms with Gasteiger partial charge in [0.15, 0.2) is 5.65 Å². The third-order valence-corrected chi connectivity index (χ3v) is 5.09. The summed E-state index contributed by atoms with van der Waals surface area (Å²) in [5.41, 5.74) is 2.85. The highest BCUT2D eigenvalue weighted by Crippen LogP contribution is 2.29. The van der Waals surface area contributed by atoms with E-state index in [0.717, 1.165) is 6.42 Å². The maximum Gasteiger partial charge on any atom is 0.252 e. The van der Waals surface area contributed by atoms with Crippen LogP contribution in [0.2, 0.25) is 0 Å². The summed E-state index contributed by atoms with van der Waals surface area (Å²) in [6.45, 7) is 1.16. The first kappa shape index (κ1) is 19.0. The molecule has 0 bridgehead atoms. The molecule has 4 rings (SSSR count). The van der Waals surface area contributed by atoms with Crippen LogP contribution in [-0.2, 0) is 0 Å². The molecule has 3 N–H and O–H groups in total. The van der Waals surface area contributed by atoms with Crippen molar-refractivity contribution in [2.24, 2.45) is 0 Å². The largest absolute Gasteiger partial charge is 0.507 e. The maximum absolute atomic E-state index is 12.0. The number of carbonyl (C=O) groups is 1. The van der Waals surface area contributed by atoms with Gasteiger partial charge in [0.05, 0.1) is 5.69 Å². The summed E-state index contributed by atoms with van der Waals surface area (Å²) in [6, 6.07) is 10.6. The Morgan fingerprint density at radius 3 is 2.90 bits per heavy atom. The van der Waals surface area contributed by atoms with Crippen LogP contribution in [-0.4, -0.2) is 46.5 Å². The Hall–Kier alpha value is -3.33. The van der Waals surface area contributed by atoms with Gasteiger partial charge in [0.25, 0.3) is 5.91 Å². The van der Waals surface area contributed by atoms with Crippen molar-refractivity contribution in [2.75, 3.05) is 18.4 Å². The van der Waals surface area contributed by atoms with Gasteiger partial charge in [-0.2, -0.15) is 21.0 Å². The van der Waals surface area contributed by atoms with Gasteiger partial charge >= 0.3 is 0 Å². The summed E-state index contributed by atoms with van der Waals surface area (Å²) >= 11 is 1.50. The van der Waals surface area contributed by atoms with Gasteiger partial charge in [-0.3, -0.25) is 4.79 Å². The van der Waals surface area contributed by atoms with Crippen molar-refractivity contribution in [3.05, 3.63) is 58.9 Å². The number of nitrogens with one attached hydrogen (secondary N) is 2. The van der Waals surface area contributed by atoms with Crippen LogP contribution in [0.1, 0.15) is 16.8 Å². The molecule has 3 heterocycles. The van der Waals surface area contributed by atoms with Gasteiger partial charge in [0, 0.05) is 41.9 Å². The minimum atomic E-state index is -0.0701. The van der Waals surface area contributed by atoms with E-state index in [2.05, 4.69) is 20.7 Å². The maximum atomic E-state index is 12.0. The molecule has 7 nitrogen and oxygen atoms in total. The van der Waals surface area contributed by atoms with Crippen molar-refractivity contribution >= 4 is 42.0 Å². The lowest BCUT2D eigenvalue weighted by Gasteiger charge is -2.12. The third-order valence-electron chi connectivity index (χ3n) is 4.41. The van der Waals surface area contributed by atoms with Crippen molar-refractivity contribution in [1.29, 1.82) is 0 Å². The van der Waals surface area contributed by atoms with Gasteiger partial charge in [-0.25, -0.2) is 4.98 Å². The number of thiophene rings is 1. The van der Waals surface area contributed by atoms with Gasteiger partial charge in [-0.1, -0.05) is 12.1 Å². The fourth-order valence-electron chi connectivity index (χ4n) is 2.94. The van der Waals surface area contributed by atoms with Crippen LogP contribution in [0.5, 0.6) is 5.75 Å². The number of fused-ring (bicyclic) bond motifs is 1. The monoisotopic (exact) mass is 403 g/mol. The molecule has 29 heavy (non-hydrogen) atoms. The van der Waals surface area contributed by atoms with E-state index in [-0.39, 0.29) is 11.7 Å². The molecular formula is C20H18BN5O2S. The Bertz CT molecular complexity index is 1140. The Morgan fingerprint density at radius 1 is 1.24 bits per heavy atom. The highest BCUT2D eigenvalue weighted by molar-refractivity contribution is 7.08. The zero-order chi connectivity index (χ0) is 20.2. The molecule has 0 spiro atoms. The second kappa shape index (κ2) is 8.36. The molecule has 144 valence electrons. The van der Waals surface area contributed by atoms with Crippen LogP contribution in [0.4, 0.5) is 5.82 Å². The van der Waals surface area contributed by atoms with Gasteiger partial charge in [0.2, 0.25) is 0 Å². The average molecular weight is 403 g/mol. The zero-order valence-corrected chi connectivity index (χ0v) is 16.3. The number of phenolic OH excluding ortho intramolecular Hbond substituents is 1. The number of benzene rings is 1. The highest BCUT2D eigenvalue weighted by Gasteiger charge is 2.12. The smallest absolute Gasteiger partial charge is 0.252 e. The van der Waals surface area contributed by atoms with Crippen molar-refractivity contribution in [3.8, 4) is 17.0 Å². The van der Waals surface area contributed by atoms with Crippen LogP contribution in [0.3, 0.4) is 0 Å². The van der Waals surface area contributed by atoms with Crippen LogP contribution in [0.25, 0.3) is 16.9 Å². The van der Waals surface area contributed by atoms with Crippen molar-refractivity contribution in [2.45, 2.75) is 6.42 Å². The number of aromatic nitrogens is 3. The number of nitrogens with zero attached hydrogens (tertiary/aromatic N) is 3. The van der Waals surface area contributed by atoms with E-state index in [1.807, 2.05) is 22.9 Å². The molecule has 4 aromatic rings. The lowest BCUT2D eigenvalue weighted by Crippen LogP contribution is -2.25. The van der Waals surface area contributed by atoms with Gasteiger partial charge in [0.1, 0.15) is 19.4 Å². The fourth-order valence-corrected chi connectivity index (χ4v) is 3.57. The van der Waals surface area contributed by atoms with E-state index < -0.39 is 0 Å². The topological polar surface area (TPSA) is 91.5 Å². The Labute approximate surface area is 172 Å². The van der Waals surface area contributed by atoms with Crippen LogP contribution in [0, 0.1) is 0 Å². The molecule has 1 aromatic carbocycles. The number of rotatable bonds is 7. The molecular weight excluding hydrogens is 385 g/mol. The number of hydrogen-bond acceptors (Lipinski definition) is 6. The van der Waals surface area contributed by atoms with Gasteiger partial charge in [-0.15, -0.1) is 0 Å². The van der Waals surface area contributed by atoms with E-state index >= 15 is 0 Å². The lowest BCUT2D eigenvalue weighted by atomic mass is 10.0. The lowest BCUT2D eigenvalue weighted by molar-refractivity contribution is 0.0954. The summed E-state index contributed by atoms with van der Waals surface area (Å²) in [6.07, 6.45) is 2.27. The van der Waals surface area contributed by atoms with E-state index in [1.165, 1.54) is 11.3 Å². The molecule has 0 fully saturated rings. The second-order valence-electron chi connectivity index (χ2n) is 6.43. The minimum absolute atomic E-state index is 0.0701. The summed E-state index contributed by atoms with van der Waals surface area (Å²) in [7, 11) is 6.00. The predicted molar refractivity (Wildman–Crippen MR) is 115 cm³/mol. The SMILES string of the molecule is [B]c1cnn2c(NCCCNC(=O)c3ccsc3)cc(-c3ccccc3O)nc12. The molecule has 9 heteroatoms. The van der Waals surface area contributed by atoms with E-state index in [0.29, 0.717) is 46.8 Å². The number of aromatic hydroxyl groups is 1. The first-order chi connectivity index (χ1) is 14.1. The molecule has 3 aromatic heterocycles. The van der Waals surface area contributed by atoms with Gasteiger partial charge in [-0.05, 0) is 35.5 Å². The molecule has 0 saturated carbocycles. The highest BCUT2D eigenvalue weighted by atomic mass is 32.1. The molecule has 0 unspecified atom stereocenters. The first-order valence-corrected chi connectivity index (χ1v) is 10.0. The number of phenols is 1. The molecule has 0 aliphatic rings. The van der Waals surface area contributed by atoms with E-state index in [1.54, 1.807) is 35.0 Å². The first-order valence-electron chi connectivity index (χ1n) is 9.10. The summed E-state index contributed by atoms with van der Waals surface area (Å²) in [4.78, 5) is 16.5. The average Bonchev–Trinajstić information content (AvgIpc) is 3.38. The Kier molecular flexibility index (Phi) is 5.48. The molecule has 0 aliphatic heterocycles. The van der Waals surface area contributed by atoms with Crippen molar-refractivity contribution in [3.63, 3.8) is 0 Å². The molecule has 0 atom stereocenters. The summed E-state index contributed by atoms with van der Waals surface area (Å²) in [5.74, 6) is 0.776. The number of anilines is 1. The quantitative estimate of drug-likeness (QED) is 0.325. The molecule has 0 saturated heterocycles. The van der Waals surface area contributed by atoms with Crippen molar-refractivity contribution < 1.29 is 9.90 Å². The van der Waals surface area contributed by atoms with Crippen LogP contribution in [0.15, 0.2) is 53.4 Å². The normalized spacial score (nSPS) is 10.9. The second-order valence-corrected chi connectivity index (χ2v) is 7.21. The minimum Gasteiger partial charge on any atom is -0.507 e.